The summed E-state index contributed by atoms with van der Waals surface area (Å²) in [7, 11) is 0. The van der Waals surface area contributed by atoms with Gasteiger partial charge in [0.15, 0.2) is 0 Å². The van der Waals surface area contributed by atoms with Crippen LogP contribution in [0.4, 0.5) is 0 Å². The van der Waals surface area contributed by atoms with Crippen LogP contribution in [0.15, 0.2) is 54.6 Å². The van der Waals surface area contributed by atoms with Gasteiger partial charge >= 0.3 is 0 Å². The number of hydrogen-bond donors (Lipinski definition) is 0. The molecule has 0 saturated carbocycles. The van der Waals surface area contributed by atoms with Crippen molar-refractivity contribution in [3.63, 3.8) is 0 Å². The molecule has 1 nitrogen and oxygen atoms in total. The van der Waals surface area contributed by atoms with Crippen molar-refractivity contribution >= 4 is 42.6 Å². The van der Waals surface area contributed by atoms with E-state index in [1.165, 1.54) is 52.3 Å². The molecule has 0 heterocycles. The van der Waals surface area contributed by atoms with E-state index in [0.29, 0.717) is 5.92 Å². The van der Waals surface area contributed by atoms with Crippen LogP contribution in [-0.4, -0.2) is 6.61 Å². The zero-order valence-corrected chi connectivity index (χ0v) is 22.1. The summed E-state index contributed by atoms with van der Waals surface area (Å²) in [5.74, 6) is 2.48. The molecule has 0 amide bonds. The van der Waals surface area contributed by atoms with Crippen LogP contribution in [0.2, 0.25) is 0 Å². The Morgan fingerprint density at radius 1 is 0.774 bits per heavy atom. The number of ether oxygens (including phenoxy) is 1. The van der Waals surface area contributed by atoms with Gasteiger partial charge < -0.3 is 4.74 Å². The summed E-state index contributed by atoms with van der Waals surface area (Å²) >= 11 is 7.29. The molecule has 0 fully saturated rings. The first kappa shape index (κ1) is 24.3. The summed E-state index contributed by atoms with van der Waals surface area (Å²) in [4.78, 5) is 0. The van der Waals surface area contributed by atoms with Crippen LogP contribution < -0.4 is 4.74 Å². The first-order valence-electron chi connectivity index (χ1n) is 11.4. The third-order valence-corrected chi connectivity index (χ3v) is 7.24. The molecule has 0 aliphatic carbocycles. The lowest BCUT2D eigenvalue weighted by Crippen LogP contribution is -2.05. The van der Waals surface area contributed by atoms with Gasteiger partial charge in [0.05, 0.1) is 6.61 Å². The lowest BCUT2D eigenvalue weighted by atomic mass is 9.96. The molecule has 0 N–H and O–H groups in total. The van der Waals surface area contributed by atoms with Gasteiger partial charge in [-0.1, -0.05) is 114 Å². The van der Waals surface area contributed by atoms with E-state index in [2.05, 4.69) is 107 Å². The molecule has 0 saturated heterocycles. The van der Waals surface area contributed by atoms with E-state index in [0.717, 1.165) is 35.4 Å². The second-order valence-corrected chi connectivity index (χ2v) is 10.1. The molecule has 3 rings (SSSR count). The average Bonchev–Trinajstić information content (AvgIpc) is 2.78. The Morgan fingerprint density at radius 3 is 2.19 bits per heavy atom. The van der Waals surface area contributed by atoms with Crippen molar-refractivity contribution in [3.8, 4) is 16.9 Å². The fourth-order valence-corrected chi connectivity index (χ4v) is 5.07. The molecule has 0 aliphatic rings. The second-order valence-electron chi connectivity index (χ2n) is 8.97. The van der Waals surface area contributed by atoms with Crippen molar-refractivity contribution in [2.24, 2.45) is 11.8 Å². The van der Waals surface area contributed by atoms with Crippen molar-refractivity contribution in [1.82, 2.24) is 0 Å². The molecule has 31 heavy (non-hydrogen) atoms. The van der Waals surface area contributed by atoms with Crippen molar-refractivity contribution in [3.05, 3.63) is 65.7 Å². The van der Waals surface area contributed by atoms with Crippen LogP contribution in [0.25, 0.3) is 21.9 Å². The predicted octanol–water partition coefficient (Wildman–Crippen LogP) is 9.53. The van der Waals surface area contributed by atoms with Crippen molar-refractivity contribution in [1.29, 1.82) is 0 Å². The number of benzene rings is 3. The normalized spacial score (nSPS) is 12.5. The van der Waals surface area contributed by atoms with Gasteiger partial charge in [-0.2, -0.15) is 0 Å². The van der Waals surface area contributed by atoms with Gasteiger partial charge in [0.25, 0.3) is 0 Å². The Balaban J connectivity index is 1.76. The smallest absolute Gasteiger partial charge is 0.127 e. The number of halogens is 2. The van der Waals surface area contributed by atoms with E-state index in [1.807, 2.05) is 0 Å². The molecular weight excluding hydrogens is 512 g/mol. The van der Waals surface area contributed by atoms with Crippen LogP contribution in [0.5, 0.6) is 5.75 Å². The topological polar surface area (TPSA) is 9.23 Å². The molecule has 0 aliphatic heterocycles. The second kappa shape index (κ2) is 12.1. The van der Waals surface area contributed by atoms with Gasteiger partial charge in [0.2, 0.25) is 0 Å². The highest BCUT2D eigenvalue weighted by molar-refractivity contribution is 9.08. The molecule has 0 radical (unpaired) electrons. The maximum Gasteiger partial charge on any atom is 0.127 e. The minimum atomic E-state index is 0.704. The molecule has 1 unspecified atom stereocenters. The minimum Gasteiger partial charge on any atom is -0.493 e. The quantitative estimate of drug-likeness (QED) is 0.218. The predicted molar refractivity (Wildman–Crippen MR) is 143 cm³/mol. The fraction of sp³-hybridized carbons (Fsp3) is 0.429. The summed E-state index contributed by atoms with van der Waals surface area (Å²) in [5, 5.41) is 4.33. The Labute approximate surface area is 204 Å². The maximum atomic E-state index is 6.29. The van der Waals surface area contributed by atoms with Crippen LogP contribution in [0, 0.1) is 11.8 Å². The van der Waals surface area contributed by atoms with Gasteiger partial charge in [-0.15, -0.1) is 0 Å². The summed E-state index contributed by atoms with van der Waals surface area (Å²) in [6, 6.07) is 19.7. The number of alkyl halides is 2. The fourth-order valence-electron chi connectivity index (χ4n) is 4.09. The summed E-state index contributed by atoms with van der Waals surface area (Å²) < 4.78 is 6.29. The van der Waals surface area contributed by atoms with Crippen molar-refractivity contribution in [2.45, 2.75) is 57.1 Å². The lowest BCUT2D eigenvalue weighted by Gasteiger charge is -2.16. The SMILES string of the molecule is CC(C)CCCC(C)CCOc1ccccc1-c1ccc2c(CBr)ccc(CBr)c2c1. The van der Waals surface area contributed by atoms with Gasteiger partial charge in [-0.3, -0.25) is 0 Å². The van der Waals surface area contributed by atoms with Gasteiger partial charge in [0.1, 0.15) is 5.75 Å². The first-order valence-corrected chi connectivity index (χ1v) is 13.7. The first-order chi connectivity index (χ1) is 15.0. The van der Waals surface area contributed by atoms with E-state index < -0.39 is 0 Å². The molecule has 3 aromatic carbocycles. The molecule has 166 valence electrons. The summed E-state index contributed by atoms with van der Waals surface area (Å²) in [5.41, 5.74) is 5.01. The van der Waals surface area contributed by atoms with Crippen LogP contribution >= 0.6 is 31.9 Å². The van der Waals surface area contributed by atoms with Crippen LogP contribution in [0.1, 0.15) is 57.6 Å². The zero-order valence-electron chi connectivity index (χ0n) is 19.0. The number of rotatable bonds is 11. The lowest BCUT2D eigenvalue weighted by molar-refractivity contribution is 0.276. The Hall–Kier alpha value is -1.32. The maximum absolute atomic E-state index is 6.29. The molecule has 3 aromatic rings. The van der Waals surface area contributed by atoms with Crippen molar-refractivity contribution < 1.29 is 4.74 Å². The Morgan fingerprint density at radius 2 is 1.48 bits per heavy atom. The zero-order chi connectivity index (χ0) is 22.2. The third kappa shape index (κ3) is 6.58. The summed E-state index contributed by atoms with van der Waals surface area (Å²) in [6.45, 7) is 7.73. The van der Waals surface area contributed by atoms with Gasteiger partial charge in [-0.25, -0.2) is 0 Å². The molecule has 0 bridgehead atoms. The van der Waals surface area contributed by atoms with E-state index >= 15 is 0 Å². The highest BCUT2D eigenvalue weighted by atomic mass is 79.9. The molecule has 0 spiro atoms. The standard InChI is InChI=1S/C28H34Br2O/c1-20(2)7-6-8-21(3)15-16-31-28-10-5-4-9-26(28)22-13-14-25-23(18-29)11-12-24(19-30)27(25)17-22/h4-5,9-14,17,20-21H,6-8,15-16,18-19H2,1-3H3. The summed E-state index contributed by atoms with van der Waals surface area (Å²) in [6.07, 6.45) is 5.04. The number of fused-ring (bicyclic) bond motifs is 1. The van der Waals surface area contributed by atoms with Gasteiger partial charge in [0, 0.05) is 16.2 Å². The minimum absolute atomic E-state index is 0.704. The highest BCUT2D eigenvalue weighted by Crippen LogP contribution is 2.35. The third-order valence-electron chi connectivity index (χ3n) is 6.03. The van der Waals surface area contributed by atoms with Gasteiger partial charge in [-0.05, 0) is 57.9 Å². The number of para-hydroxylation sites is 1. The van der Waals surface area contributed by atoms with Crippen LogP contribution in [0.3, 0.4) is 0 Å². The average molecular weight is 546 g/mol. The highest BCUT2D eigenvalue weighted by Gasteiger charge is 2.11. The van der Waals surface area contributed by atoms with E-state index in [4.69, 9.17) is 4.74 Å². The van der Waals surface area contributed by atoms with E-state index in [-0.39, 0.29) is 0 Å². The van der Waals surface area contributed by atoms with Crippen LogP contribution in [-0.2, 0) is 10.7 Å². The molecular formula is C28H34Br2O. The number of hydrogen-bond acceptors (Lipinski definition) is 1. The molecule has 3 heteroatoms. The largest absolute Gasteiger partial charge is 0.493 e. The monoisotopic (exact) mass is 544 g/mol. The Bertz CT molecular complexity index is 980. The van der Waals surface area contributed by atoms with E-state index in [9.17, 15) is 0 Å². The Kier molecular flexibility index (Phi) is 9.47. The van der Waals surface area contributed by atoms with Crippen molar-refractivity contribution in [2.75, 3.05) is 6.61 Å². The molecule has 1 atom stereocenters. The van der Waals surface area contributed by atoms with E-state index in [1.54, 1.807) is 0 Å². The molecule has 0 aromatic heterocycles.